The molecule has 1 aliphatic rings. The van der Waals surface area contributed by atoms with Crippen LogP contribution in [0.1, 0.15) is 51.1 Å². The maximum absolute atomic E-state index is 12.5. The molecule has 2 aromatic rings. The Morgan fingerprint density at radius 3 is 2.39 bits per heavy atom. The van der Waals surface area contributed by atoms with Crippen LogP contribution < -0.4 is 5.56 Å². The molecule has 0 aliphatic carbocycles. The number of hydrogen-bond acceptors (Lipinski definition) is 6. The Hall–Kier alpha value is -2.23. The van der Waals surface area contributed by atoms with Crippen molar-refractivity contribution in [3.05, 3.63) is 40.0 Å². The van der Waals surface area contributed by atoms with Crippen LogP contribution in [0, 0.1) is 5.92 Å². The molecule has 0 bridgehead atoms. The fourth-order valence-electron chi connectivity index (χ4n) is 3.17. The molecule has 1 fully saturated rings. The van der Waals surface area contributed by atoms with Gasteiger partial charge in [0.25, 0.3) is 5.56 Å². The molecule has 10 heteroatoms. The number of halogens is 3. The minimum atomic E-state index is -4.62. The molecule has 3 heterocycles. The monoisotopic (exact) mass is 399 g/mol. The summed E-state index contributed by atoms with van der Waals surface area (Å²) in [5.41, 5.74) is 0.598. The summed E-state index contributed by atoms with van der Waals surface area (Å²) in [6.07, 6.45) is -3.00. The molecule has 1 saturated heterocycles. The zero-order valence-corrected chi connectivity index (χ0v) is 16.2. The SMILES string of the molecule is CC(C)(C)c1ccc(=O)n(CC2CCN(Cc3nnc(C(F)(F)F)o3)CC2)n1. The van der Waals surface area contributed by atoms with Gasteiger partial charge in [-0.25, -0.2) is 4.68 Å². The third-order valence-corrected chi connectivity index (χ3v) is 4.84. The summed E-state index contributed by atoms with van der Waals surface area (Å²) in [6, 6.07) is 3.32. The first-order valence-electron chi connectivity index (χ1n) is 9.23. The molecule has 0 N–H and O–H groups in total. The average Bonchev–Trinajstić information content (AvgIpc) is 3.06. The van der Waals surface area contributed by atoms with E-state index in [9.17, 15) is 18.0 Å². The van der Waals surface area contributed by atoms with Gasteiger partial charge in [0.2, 0.25) is 5.89 Å². The summed E-state index contributed by atoms with van der Waals surface area (Å²) < 4.78 is 43.8. The van der Waals surface area contributed by atoms with Crippen molar-refractivity contribution in [3.63, 3.8) is 0 Å². The van der Waals surface area contributed by atoms with Gasteiger partial charge in [0.15, 0.2) is 0 Å². The molecule has 1 aliphatic heterocycles. The third kappa shape index (κ3) is 4.98. The quantitative estimate of drug-likeness (QED) is 0.787. The topological polar surface area (TPSA) is 77.0 Å². The van der Waals surface area contributed by atoms with Crippen LogP contribution in [0.15, 0.2) is 21.3 Å². The van der Waals surface area contributed by atoms with Crippen LogP contribution in [0.2, 0.25) is 0 Å². The summed E-state index contributed by atoms with van der Waals surface area (Å²) >= 11 is 0. The molecule has 0 unspecified atom stereocenters. The van der Waals surface area contributed by atoms with Crippen molar-refractivity contribution >= 4 is 0 Å². The summed E-state index contributed by atoms with van der Waals surface area (Å²) in [6.45, 7) is 8.23. The molecular weight excluding hydrogens is 375 g/mol. The molecule has 7 nitrogen and oxygen atoms in total. The molecule has 0 amide bonds. The van der Waals surface area contributed by atoms with Crippen molar-refractivity contribution in [2.24, 2.45) is 5.92 Å². The summed E-state index contributed by atoms with van der Waals surface area (Å²) in [5.74, 6) is -1.08. The summed E-state index contributed by atoms with van der Waals surface area (Å²) in [4.78, 5) is 14.1. The molecule has 0 atom stereocenters. The molecule has 0 saturated carbocycles. The fraction of sp³-hybridized carbons (Fsp3) is 0.667. The van der Waals surface area contributed by atoms with Gasteiger partial charge < -0.3 is 4.42 Å². The van der Waals surface area contributed by atoms with Crippen molar-refractivity contribution in [1.82, 2.24) is 24.9 Å². The van der Waals surface area contributed by atoms with Crippen molar-refractivity contribution in [3.8, 4) is 0 Å². The lowest BCUT2D eigenvalue weighted by Crippen LogP contribution is -2.37. The second-order valence-corrected chi connectivity index (χ2v) is 8.21. The molecule has 154 valence electrons. The van der Waals surface area contributed by atoms with Gasteiger partial charge in [0.05, 0.1) is 12.2 Å². The van der Waals surface area contributed by atoms with Crippen molar-refractivity contribution in [2.75, 3.05) is 13.1 Å². The van der Waals surface area contributed by atoms with E-state index in [1.165, 1.54) is 4.68 Å². The minimum Gasteiger partial charge on any atom is -0.416 e. The zero-order chi connectivity index (χ0) is 20.5. The van der Waals surface area contributed by atoms with E-state index in [2.05, 4.69) is 19.7 Å². The lowest BCUT2D eigenvalue weighted by Gasteiger charge is -2.31. The van der Waals surface area contributed by atoms with E-state index in [0.717, 1.165) is 18.5 Å². The van der Waals surface area contributed by atoms with Crippen molar-refractivity contribution in [1.29, 1.82) is 0 Å². The fourth-order valence-corrected chi connectivity index (χ4v) is 3.17. The smallest absolute Gasteiger partial charge is 0.416 e. The maximum Gasteiger partial charge on any atom is 0.470 e. The first kappa shape index (κ1) is 20.5. The lowest BCUT2D eigenvalue weighted by atomic mass is 9.92. The van der Waals surface area contributed by atoms with Gasteiger partial charge in [-0.05, 0) is 37.9 Å². The summed E-state index contributed by atoms with van der Waals surface area (Å²) in [7, 11) is 0. The second kappa shape index (κ2) is 7.65. The maximum atomic E-state index is 12.5. The largest absolute Gasteiger partial charge is 0.470 e. The van der Waals surface area contributed by atoms with Crippen LogP contribution in [-0.2, 0) is 24.7 Å². The number of aromatic nitrogens is 4. The number of piperidine rings is 1. The van der Waals surface area contributed by atoms with Crippen LogP contribution >= 0.6 is 0 Å². The van der Waals surface area contributed by atoms with Gasteiger partial charge in [0, 0.05) is 18.0 Å². The van der Waals surface area contributed by atoms with E-state index in [1.807, 2.05) is 25.7 Å². The Labute approximate surface area is 160 Å². The molecule has 3 rings (SSSR count). The molecular formula is C18H24F3N5O2. The van der Waals surface area contributed by atoms with E-state index in [0.29, 0.717) is 19.6 Å². The predicted molar refractivity (Wildman–Crippen MR) is 94.5 cm³/mol. The van der Waals surface area contributed by atoms with Gasteiger partial charge in [0.1, 0.15) is 0 Å². The molecule has 0 radical (unpaired) electrons. The van der Waals surface area contributed by atoms with Gasteiger partial charge in [-0.2, -0.15) is 18.3 Å². The standard InChI is InChI=1S/C18H24F3N5O2/c1-17(2,3)13-4-5-15(27)26(24-13)10-12-6-8-25(9-7-12)11-14-22-23-16(28-14)18(19,20)21/h4-5,12H,6-11H2,1-3H3. The van der Waals surface area contributed by atoms with Crippen molar-refractivity contribution < 1.29 is 17.6 Å². The lowest BCUT2D eigenvalue weighted by molar-refractivity contribution is -0.157. The first-order valence-corrected chi connectivity index (χ1v) is 9.23. The number of rotatable bonds is 4. The number of nitrogens with zero attached hydrogens (tertiary/aromatic N) is 5. The molecule has 2 aromatic heterocycles. The first-order chi connectivity index (χ1) is 13.0. The van der Waals surface area contributed by atoms with E-state index >= 15 is 0 Å². The summed E-state index contributed by atoms with van der Waals surface area (Å²) in [5, 5.41) is 11.0. The Morgan fingerprint density at radius 2 is 1.82 bits per heavy atom. The predicted octanol–water partition coefficient (Wildman–Crippen LogP) is 2.85. The van der Waals surface area contributed by atoms with Crippen LogP contribution in [-0.4, -0.2) is 38.0 Å². The van der Waals surface area contributed by atoms with E-state index in [-0.39, 0.29) is 29.3 Å². The Kier molecular flexibility index (Phi) is 5.60. The second-order valence-electron chi connectivity index (χ2n) is 8.21. The van der Waals surface area contributed by atoms with Crippen LogP contribution in [0.5, 0.6) is 0 Å². The minimum absolute atomic E-state index is 0.0402. The zero-order valence-electron chi connectivity index (χ0n) is 16.2. The number of alkyl halides is 3. The Morgan fingerprint density at radius 1 is 1.14 bits per heavy atom. The van der Waals surface area contributed by atoms with Crippen LogP contribution in [0.25, 0.3) is 0 Å². The van der Waals surface area contributed by atoms with Crippen LogP contribution in [0.3, 0.4) is 0 Å². The van der Waals surface area contributed by atoms with Gasteiger partial charge in [-0.15, -0.1) is 10.2 Å². The molecule has 0 spiro atoms. The highest BCUT2D eigenvalue weighted by Crippen LogP contribution is 2.28. The van der Waals surface area contributed by atoms with Crippen LogP contribution in [0.4, 0.5) is 13.2 Å². The van der Waals surface area contributed by atoms with Gasteiger partial charge in [-0.1, -0.05) is 20.8 Å². The van der Waals surface area contributed by atoms with Crippen molar-refractivity contribution in [2.45, 2.75) is 58.3 Å². The Bertz CT molecular complexity index is 861. The van der Waals surface area contributed by atoms with E-state index in [4.69, 9.17) is 0 Å². The highest BCUT2D eigenvalue weighted by atomic mass is 19.4. The van der Waals surface area contributed by atoms with Gasteiger partial charge >= 0.3 is 12.1 Å². The van der Waals surface area contributed by atoms with Gasteiger partial charge in [-0.3, -0.25) is 9.69 Å². The number of hydrogen-bond donors (Lipinski definition) is 0. The Balaban J connectivity index is 1.56. The number of likely N-dealkylation sites (tertiary alicyclic amines) is 1. The third-order valence-electron chi connectivity index (χ3n) is 4.84. The van der Waals surface area contributed by atoms with E-state index < -0.39 is 12.1 Å². The normalized spacial score (nSPS) is 17.2. The van der Waals surface area contributed by atoms with E-state index in [1.54, 1.807) is 12.1 Å². The highest BCUT2D eigenvalue weighted by molar-refractivity contribution is 5.10. The highest BCUT2D eigenvalue weighted by Gasteiger charge is 2.38. The molecule has 28 heavy (non-hydrogen) atoms. The average molecular weight is 399 g/mol. The molecule has 0 aromatic carbocycles.